The number of carbonyl (C=O) groups is 1. The van der Waals surface area contributed by atoms with Gasteiger partial charge in [0.2, 0.25) is 0 Å². The van der Waals surface area contributed by atoms with Gasteiger partial charge in [-0.15, -0.1) is 0 Å². The Morgan fingerprint density at radius 1 is 1.44 bits per heavy atom. The number of fused-ring (bicyclic) bond motifs is 1. The third-order valence-electron chi connectivity index (χ3n) is 2.10. The first-order valence-corrected chi connectivity index (χ1v) is 4.76. The van der Waals surface area contributed by atoms with Crippen LogP contribution in [-0.2, 0) is 4.79 Å². The van der Waals surface area contributed by atoms with Gasteiger partial charge in [0.25, 0.3) is 5.91 Å². The Morgan fingerprint density at radius 3 is 3.06 bits per heavy atom. The number of ether oxygens (including phenoxy) is 1. The van der Waals surface area contributed by atoms with Crippen molar-refractivity contribution in [3.05, 3.63) is 36.5 Å². The molecule has 1 heterocycles. The van der Waals surface area contributed by atoms with Crippen LogP contribution in [0.15, 0.2) is 36.5 Å². The monoisotopic (exact) mass is 217 g/mol. The minimum atomic E-state index is -0.381. The fraction of sp³-hybridized carbons (Fsp3) is 0.0909. The molecule has 3 N–H and O–H groups in total. The topological polar surface area (TPSA) is 77.2 Å². The van der Waals surface area contributed by atoms with E-state index in [1.54, 1.807) is 6.20 Å². The largest absolute Gasteiger partial charge is 0.482 e. The molecule has 16 heavy (non-hydrogen) atoms. The lowest BCUT2D eigenvalue weighted by molar-refractivity contribution is -0.123. The van der Waals surface area contributed by atoms with Crippen molar-refractivity contribution < 1.29 is 9.53 Å². The maximum Gasteiger partial charge on any atom is 0.271 e. The quantitative estimate of drug-likeness (QED) is 0.448. The Hall–Kier alpha value is -2.14. The predicted molar refractivity (Wildman–Crippen MR) is 59.6 cm³/mol. The Balaban J connectivity index is 2.16. The van der Waals surface area contributed by atoms with Crippen molar-refractivity contribution in [1.82, 2.24) is 10.4 Å². The molecule has 0 aliphatic rings. The number of pyridine rings is 1. The van der Waals surface area contributed by atoms with E-state index in [9.17, 15) is 4.79 Å². The van der Waals surface area contributed by atoms with Crippen LogP contribution in [0.3, 0.4) is 0 Å². The van der Waals surface area contributed by atoms with Crippen LogP contribution in [-0.4, -0.2) is 17.5 Å². The van der Waals surface area contributed by atoms with Crippen molar-refractivity contribution in [1.29, 1.82) is 0 Å². The second kappa shape index (κ2) is 4.59. The predicted octanol–water partition coefficient (Wildman–Crippen LogP) is 0.603. The number of rotatable bonds is 3. The van der Waals surface area contributed by atoms with Crippen molar-refractivity contribution in [2.75, 3.05) is 6.61 Å². The molecule has 0 aliphatic heterocycles. The van der Waals surface area contributed by atoms with E-state index in [4.69, 9.17) is 10.6 Å². The molecule has 0 bridgehead atoms. The minimum Gasteiger partial charge on any atom is -0.482 e. The van der Waals surface area contributed by atoms with Gasteiger partial charge in [-0.1, -0.05) is 18.2 Å². The molecule has 1 aromatic heterocycles. The molecule has 0 aliphatic carbocycles. The van der Waals surface area contributed by atoms with Gasteiger partial charge in [-0.05, 0) is 12.1 Å². The van der Waals surface area contributed by atoms with Crippen molar-refractivity contribution in [2.45, 2.75) is 0 Å². The second-order valence-electron chi connectivity index (χ2n) is 3.22. The summed E-state index contributed by atoms with van der Waals surface area (Å²) in [6.07, 6.45) is 1.58. The van der Waals surface area contributed by atoms with Gasteiger partial charge >= 0.3 is 0 Å². The molecule has 1 aromatic carbocycles. The average Bonchev–Trinajstić information content (AvgIpc) is 2.35. The molecule has 2 aromatic rings. The van der Waals surface area contributed by atoms with Crippen LogP contribution in [0.5, 0.6) is 5.75 Å². The smallest absolute Gasteiger partial charge is 0.271 e. The highest BCUT2D eigenvalue weighted by molar-refractivity contribution is 5.80. The number of nitrogens with two attached hydrogens (primary N) is 1. The molecule has 0 spiro atoms. The zero-order valence-corrected chi connectivity index (χ0v) is 8.51. The van der Waals surface area contributed by atoms with Gasteiger partial charge in [0.05, 0.1) is 11.7 Å². The molecular formula is C11H11N3O2. The van der Waals surface area contributed by atoms with Gasteiger partial charge in [-0.3, -0.25) is 15.2 Å². The van der Waals surface area contributed by atoms with E-state index < -0.39 is 0 Å². The maximum atomic E-state index is 10.9. The van der Waals surface area contributed by atoms with E-state index >= 15 is 0 Å². The van der Waals surface area contributed by atoms with E-state index in [2.05, 4.69) is 4.98 Å². The SMILES string of the molecule is NNC(=O)COc1cnc2ccccc2c1. The number of aromatic nitrogens is 1. The van der Waals surface area contributed by atoms with Crippen molar-refractivity contribution in [3.8, 4) is 5.75 Å². The second-order valence-corrected chi connectivity index (χ2v) is 3.22. The van der Waals surface area contributed by atoms with Gasteiger partial charge in [-0.2, -0.15) is 0 Å². The number of nitrogens with zero attached hydrogens (tertiary/aromatic N) is 1. The fourth-order valence-electron chi connectivity index (χ4n) is 1.32. The summed E-state index contributed by atoms with van der Waals surface area (Å²) in [5.41, 5.74) is 2.88. The molecule has 0 unspecified atom stereocenters. The highest BCUT2D eigenvalue weighted by Gasteiger charge is 2.01. The van der Waals surface area contributed by atoms with E-state index in [1.165, 1.54) is 0 Å². The molecule has 5 heteroatoms. The summed E-state index contributed by atoms with van der Waals surface area (Å²) in [7, 11) is 0. The minimum absolute atomic E-state index is 0.115. The first-order valence-electron chi connectivity index (χ1n) is 4.76. The van der Waals surface area contributed by atoms with Crippen LogP contribution in [0.25, 0.3) is 10.9 Å². The summed E-state index contributed by atoms with van der Waals surface area (Å²) in [4.78, 5) is 15.1. The lowest BCUT2D eigenvalue weighted by atomic mass is 10.2. The summed E-state index contributed by atoms with van der Waals surface area (Å²) in [6, 6.07) is 9.49. The lowest BCUT2D eigenvalue weighted by Crippen LogP contribution is -2.34. The first-order chi connectivity index (χ1) is 7.79. The number of nitrogens with one attached hydrogen (secondary N) is 1. The van der Waals surface area contributed by atoms with E-state index in [-0.39, 0.29) is 12.5 Å². The number of hydrogen-bond donors (Lipinski definition) is 2. The average molecular weight is 217 g/mol. The van der Waals surface area contributed by atoms with Crippen LogP contribution in [0.1, 0.15) is 0 Å². The fourth-order valence-corrected chi connectivity index (χ4v) is 1.32. The van der Waals surface area contributed by atoms with Crippen molar-refractivity contribution in [3.63, 3.8) is 0 Å². The highest BCUT2D eigenvalue weighted by Crippen LogP contribution is 2.17. The molecular weight excluding hydrogens is 206 g/mol. The summed E-state index contributed by atoms with van der Waals surface area (Å²) >= 11 is 0. The van der Waals surface area contributed by atoms with Crippen LogP contribution in [0, 0.1) is 0 Å². The number of carbonyl (C=O) groups excluding carboxylic acids is 1. The standard InChI is InChI=1S/C11H11N3O2/c12-14-11(15)7-16-9-5-8-3-1-2-4-10(8)13-6-9/h1-6H,7,12H2,(H,14,15). The normalized spacial score (nSPS) is 10.1. The molecule has 0 saturated heterocycles. The Labute approximate surface area is 92.2 Å². The number of hydrazine groups is 1. The summed E-state index contributed by atoms with van der Waals surface area (Å²) in [6.45, 7) is -0.115. The molecule has 0 radical (unpaired) electrons. The molecule has 0 saturated carbocycles. The van der Waals surface area contributed by atoms with Crippen molar-refractivity contribution in [2.24, 2.45) is 5.84 Å². The van der Waals surface area contributed by atoms with Crippen LogP contribution in [0.4, 0.5) is 0 Å². The van der Waals surface area contributed by atoms with Gasteiger partial charge < -0.3 is 4.74 Å². The Bertz CT molecular complexity index is 513. The summed E-state index contributed by atoms with van der Waals surface area (Å²) in [5.74, 6) is 5.09. The Kier molecular flexibility index (Phi) is 2.98. The zero-order valence-electron chi connectivity index (χ0n) is 8.51. The highest BCUT2D eigenvalue weighted by atomic mass is 16.5. The van der Waals surface area contributed by atoms with Crippen LogP contribution >= 0.6 is 0 Å². The van der Waals surface area contributed by atoms with Gasteiger partial charge in [0.1, 0.15) is 5.75 Å². The molecule has 0 fully saturated rings. The van der Waals surface area contributed by atoms with Crippen LogP contribution in [0.2, 0.25) is 0 Å². The summed E-state index contributed by atoms with van der Waals surface area (Å²) in [5, 5.41) is 0.966. The molecule has 2 rings (SSSR count). The number of hydrogen-bond acceptors (Lipinski definition) is 4. The number of para-hydroxylation sites is 1. The van der Waals surface area contributed by atoms with Crippen molar-refractivity contribution >= 4 is 16.8 Å². The zero-order chi connectivity index (χ0) is 11.4. The third kappa shape index (κ3) is 2.26. The Morgan fingerprint density at radius 2 is 2.25 bits per heavy atom. The van der Waals surface area contributed by atoms with Gasteiger partial charge in [0.15, 0.2) is 6.61 Å². The van der Waals surface area contributed by atoms with Gasteiger partial charge in [0, 0.05) is 5.39 Å². The molecule has 5 nitrogen and oxygen atoms in total. The van der Waals surface area contributed by atoms with E-state index in [1.807, 2.05) is 35.8 Å². The van der Waals surface area contributed by atoms with E-state index in [0.29, 0.717) is 5.75 Å². The molecule has 1 amide bonds. The van der Waals surface area contributed by atoms with Gasteiger partial charge in [-0.25, -0.2) is 5.84 Å². The number of benzene rings is 1. The lowest BCUT2D eigenvalue weighted by Gasteiger charge is -2.05. The van der Waals surface area contributed by atoms with Crippen LogP contribution < -0.4 is 16.0 Å². The number of amides is 1. The molecule has 0 atom stereocenters. The molecule has 82 valence electrons. The third-order valence-corrected chi connectivity index (χ3v) is 2.10. The first kappa shape index (κ1) is 10.4. The summed E-state index contributed by atoms with van der Waals surface area (Å²) < 4.78 is 5.21. The maximum absolute atomic E-state index is 10.9. The van der Waals surface area contributed by atoms with E-state index in [0.717, 1.165) is 10.9 Å².